The summed E-state index contributed by atoms with van der Waals surface area (Å²) in [6, 6.07) is 17.3. The van der Waals surface area contributed by atoms with E-state index in [-0.39, 0.29) is 24.3 Å². The van der Waals surface area contributed by atoms with Gasteiger partial charge in [-0.1, -0.05) is 58.4 Å². The Morgan fingerprint density at radius 1 is 1.00 bits per heavy atom. The van der Waals surface area contributed by atoms with Crippen molar-refractivity contribution in [1.82, 2.24) is 15.1 Å². The van der Waals surface area contributed by atoms with Crippen LogP contribution in [0.1, 0.15) is 30.5 Å². The van der Waals surface area contributed by atoms with Crippen LogP contribution in [0.15, 0.2) is 59.1 Å². The van der Waals surface area contributed by atoms with E-state index in [1.807, 2.05) is 73.6 Å². The van der Waals surface area contributed by atoms with Crippen molar-refractivity contribution < 1.29 is 9.59 Å². The monoisotopic (exact) mass is 445 g/mol. The highest BCUT2D eigenvalue weighted by molar-refractivity contribution is 9.10. The predicted molar refractivity (Wildman–Crippen MR) is 116 cm³/mol. The molecule has 1 N–H and O–H groups in total. The van der Waals surface area contributed by atoms with Crippen molar-refractivity contribution in [3.63, 3.8) is 0 Å². The van der Waals surface area contributed by atoms with Crippen molar-refractivity contribution in [3.05, 3.63) is 70.2 Å². The smallest absolute Gasteiger partial charge is 0.225 e. The molecule has 150 valence electrons. The molecule has 5 nitrogen and oxygen atoms in total. The van der Waals surface area contributed by atoms with Crippen molar-refractivity contribution >= 4 is 27.7 Å². The van der Waals surface area contributed by atoms with Crippen molar-refractivity contribution in [3.8, 4) is 0 Å². The fraction of sp³-hybridized carbons (Fsp3) is 0.364. The zero-order valence-corrected chi connectivity index (χ0v) is 18.3. The molecule has 0 radical (unpaired) electrons. The second kappa shape index (κ2) is 11.0. The summed E-state index contributed by atoms with van der Waals surface area (Å²) in [5, 5.41) is 2.92. The van der Waals surface area contributed by atoms with Gasteiger partial charge in [0.1, 0.15) is 0 Å². The third-order valence-electron chi connectivity index (χ3n) is 4.41. The maximum Gasteiger partial charge on any atom is 0.225 e. The number of nitrogens with zero attached hydrogens (tertiary/aromatic N) is 2. The summed E-state index contributed by atoms with van der Waals surface area (Å²) in [4.78, 5) is 28.8. The SMILES string of the molecule is CC(=O)NC(CC(=O)N(CCN(C)C)Cc1ccccc1)c1ccc(Br)cc1. The van der Waals surface area contributed by atoms with Crippen LogP contribution < -0.4 is 5.32 Å². The van der Waals surface area contributed by atoms with Gasteiger partial charge in [0, 0.05) is 31.0 Å². The average molecular weight is 446 g/mol. The van der Waals surface area contributed by atoms with Gasteiger partial charge in [0.25, 0.3) is 0 Å². The quantitative estimate of drug-likeness (QED) is 0.641. The molecule has 0 aliphatic rings. The van der Waals surface area contributed by atoms with E-state index in [1.165, 1.54) is 6.92 Å². The number of rotatable bonds is 9. The van der Waals surface area contributed by atoms with E-state index in [9.17, 15) is 9.59 Å². The van der Waals surface area contributed by atoms with Gasteiger partial charge in [0.2, 0.25) is 11.8 Å². The Labute approximate surface area is 175 Å². The Balaban J connectivity index is 2.16. The van der Waals surface area contributed by atoms with Crippen molar-refractivity contribution in [2.24, 2.45) is 0 Å². The van der Waals surface area contributed by atoms with Crippen molar-refractivity contribution in [2.45, 2.75) is 25.9 Å². The van der Waals surface area contributed by atoms with Gasteiger partial charge >= 0.3 is 0 Å². The Hall–Kier alpha value is -2.18. The molecule has 0 fully saturated rings. The first kappa shape index (κ1) is 22.1. The summed E-state index contributed by atoms with van der Waals surface area (Å²) in [7, 11) is 3.99. The Bertz CT molecular complexity index is 763. The van der Waals surface area contributed by atoms with E-state index < -0.39 is 0 Å². The van der Waals surface area contributed by atoms with E-state index >= 15 is 0 Å². The Morgan fingerprint density at radius 2 is 1.64 bits per heavy atom. The highest BCUT2D eigenvalue weighted by atomic mass is 79.9. The third-order valence-corrected chi connectivity index (χ3v) is 4.94. The van der Waals surface area contributed by atoms with Gasteiger partial charge in [0.05, 0.1) is 12.5 Å². The summed E-state index contributed by atoms with van der Waals surface area (Å²) in [6.07, 6.45) is 0.224. The normalized spacial score (nSPS) is 11.9. The molecule has 1 unspecified atom stereocenters. The lowest BCUT2D eigenvalue weighted by Crippen LogP contribution is -2.39. The number of halogens is 1. The molecule has 0 saturated heterocycles. The Kier molecular flexibility index (Phi) is 8.67. The van der Waals surface area contributed by atoms with Crippen LogP contribution in [0.4, 0.5) is 0 Å². The van der Waals surface area contributed by atoms with Crippen LogP contribution in [0.2, 0.25) is 0 Å². The van der Waals surface area contributed by atoms with E-state index in [4.69, 9.17) is 0 Å². The summed E-state index contributed by atoms with van der Waals surface area (Å²) in [6.45, 7) is 3.44. The van der Waals surface area contributed by atoms with Crippen molar-refractivity contribution in [2.75, 3.05) is 27.2 Å². The molecule has 1 atom stereocenters. The number of nitrogens with one attached hydrogen (secondary N) is 1. The largest absolute Gasteiger partial charge is 0.349 e. The topological polar surface area (TPSA) is 52.7 Å². The molecule has 0 saturated carbocycles. The highest BCUT2D eigenvalue weighted by Gasteiger charge is 2.22. The maximum absolute atomic E-state index is 13.1. The van der Waals surface area contributed by atoms with E-state index in [2.05, 4.69) is 26.1 Å². The van der Waals surface area contributed by atoms with Gasteiger partial charge < -0.3 is 15.1 Å². The summed E-state index contributed by atoms with van der Waals surface area (Å²) in [5.74, 6) is -0.129. The van der Waals surface area contributed by atoms with Gasteiger partial charge in [-0.15, -0.1) is 0 Å². The molecule has 0 spiro atoms. The molecule has 2 rings (SSSR count). The minimum atomic E-state index is -0.351. The molecule has 28 heavy (non-hydrogen) atoms. The van der Waals surface area contributed by atoms with Crippen LogP contribution in [0.5, 0.6) is 0 Å². The minimum Gasteiger partial charge on any atom is -0.349 e. The standard InChI is InChI=1S/C22H28BrN3O2/c1-17(27)24-21(19-9-11-20(23)12-10-19)15-22(28)26(14-13-25(2)3)16-18-7-5-4-6-8-18/h4-12,21H,13-16H2,1-3H3,(H,24,27). The molecule has 2 aromatic carbocycles. The van der Waals surface area contributed by atoms with Crippen LogP contribution in [0.3, 0.4) is 0 Å². The second-order valence-electron chi connectivity index (χ2n) is 7.11. The number of amides is 2. The molecule has 0 heterocycles. The molecular weight excluding hydrogens is 418 g/mol. The number of carbonyl (C=O) groups excluding carboxylic acids is 2. The first-order valence-electron chi connectivity index (χ1n) is 9.34. The molecule has 2 aromatic rings. The first-order chi connectivity index (χ1) is 13.3. The highest BCUT2D eigenvalue weighted by Crippen LogP contribution is 2.21. The molecule has 0 aliphatic carbocycles. The second-order valence-corrected chi connectivity index (χ2v) is 8.03. The van der Waals surface area contributed by atoms with Crippen LogP contribution in [-0.2, 0) is 16.1 Å². The molecule has 0 aliphatic heterocycles. The minimum absolute atomic E-state index is 0.0207. The number of hydrogen-bond donors (Lipinski definition) is 1. The van der Waals surface area contributed by atoms with Gasteiger partial charge in [-0.25, -0.2) is 0 Å². The van der Waals surface area contributed by atoms with Crippen LogP contribution in [0.25, 0.3) is 0 Å². The number of likely N-dealkylation sites (N-methyl/N-ethyl adjacent to an activating group) is 1. The third kappa shape index (κ3) is 7.44. The van der Waals surface area contributed by atoms with Gasteiger partial charge in [-0.2, -0.15) is 0 Å². The van der Waals surface area contributed by atoms with E-state index in [0.29, 0.717) is 13.1 Å². The predicted octanol–water partition coefficient (Wildman–Crippen LogP) is 3.61. The van der Waals surface area contributed by atoms with Gasteiger partial charge in [0.15, 0.2) is 0 Å². The number of hydrogen-bond acceptors (Lipinski definition) is 3. The van der Waals surface area contributed by atoms with E-state index in [0.717, 1.165) is 22.1 Å². The number of benzene rings is 2. The van der Waals surface area contributed by atoms with Gasteiger partial charge in [-0.3, -0.25) is 9.59 Å². The lowest BCUT2D eigenvalue weighted by molar-refractivity contribution is -0.132. The molecule has 0 bridgehead atoms. The fourth-order valence-corrected chi connectivity index (χ4v) is 3.18. The molecule has 2 amide bonds. The molecular formula is C22H28BrN3O2. The molecule has 6 heteroatoms. The Morgan fingerprint density at radius 3 is 2.21 bits per heavy atom. The fourth-order valence-electron chi connectivity index (χ4n) is 2.91. The number of carbonyl (C=O) groups is 2. The zero-order chi connectivity index (χ0) is 20.5. The lowest BCUT2D eigenvalue weighted by atomic mass is 10.0. The van der Waals surface area contributed by atoms with Crippen LogP contribution in [-0.4, -0.2) is 48.8 Å². The first-order valence-corrected chi connectivity index (χ1v) is 10.1. The zero-order valence-electron chi connectivity index (χ0n) is 16.7. The van der Waals surface area contributed by atoms with Crippen LogP contribution >= 0.6 is 15.9 Å². The van der Waals surface area contributed by atoms with Crippen molar-refractivity contribution in [1.29, 1.82) is 0 Å². The van der Waals surface area contributed by atoms with Crippen LogP contribution in [0, 0.1) is 0 Å². The summed E-state index contributed by atoms with van der Waals surface area (Å²) in [5.41, 5.74) is 2.01. The molecule has 0 aromatic heterocycles. The summed E-state index contributed by atoms with van der Waals surface area (Å²) >= 11 is 3.42. The van der Waals surface area contributed by atoms with E-state index in [1.54, 1.807) is 0 Å². The maximum atomic E-state index is 13.1. The van der Waals surface area contributed by atoms with Gasteiger partial charge in [-0.05, 0) is 37.4 Å². The lowest BCUT2D eigenvalue weighted by Gasteiger charge is -2.27. The summed E-state index contributed by atoms with van der Waals surface area (Å²) < 4.78 is 0.959. The average Bonchev–Trinajstić information content (AvgIpc) is 2.65.